The maximum absolute atomic E-state index is 11.1. The lowest BCUT2D eigenvalue weighted by Crippen LogP contribution is -2.66. The molecule has 0 amide bonds. The minimum absolute atomic E-state index is 0.0554. The summed E-state index contributed by atoms with van der Waals surface area (Å²) >= 11 is 3.54. The molecule has 3 N–H and O–H groups in total. The van der Waals surface area contributed by atoms with E-state index >= 15 is 0 Å². The number of rotatable bonds is 12. The second kappa shape index (κ2) is 14.9. The van der Waals surface area contributed by atoms with Gasteiger partial charge >= 0.3 is 0 Å². The second-order valence-corrected chi connectivity index (χ2v) is 17.9. The number of aromatic hydroxyl groups is 1. The van der Waals surface area contributed by atoms with E-state index in [4.69, 9.17) is 9.16 Å². The number of hydrogen-bond acceptors (Lipinski definition) is 6. The average Bonchev–Trinajstić information content (AvgIpc) is 3.54. The summed E-state index contributed by atoms with van der Waals surface area (Å²) in [7, 11) is -1.32. The zero-order valence-corrected chi connectivity index (χ0v) is 28.9. The van der Waals surface area contributed by atoms with Gasteiger partial charge in [0.2, 0.25) is 0 Å². The number of phenolic OH excluding ortho intramolecular Hbond substituents is 1. The third kappa shape index (κ3) is 7.88. The molecule has 0 aliphatic heterocycles. The number of benzene rings is 3. The fraction of sp³-hybridized carbons (Fsp3) is 0.286. The van der Waals surface area contributed by atoms with Gasteiger partial charge < -0.3 is 24.5 Å². The van der Waals surface area contributed by atoms with Crippen LogP contribution in [-0.2, 0) is 4.43 Å². The van der Waals surface area contributed by atoms with Crippen molar-refractivity contribution >= 4 is 52.6 Å². The highest BCUT2D eigenvalue weighted by atomic mass is 127. The molecule has 0 spiro atoms. The van der Waals surface area contributed by atoms with E-state index in [1.165, 1.54) is 28.8 Å². The van der Waals surface area contributed by atoms with Gasteiger partial charge in [0.25, 0.3) is 8.32 Å². The maximum atomic E-state index is 11.1. The molecule has 8 heteroatoms. The van der Waals surface area contributed by atoms with Crippen LogP contribution in [0.15, 0.2) is 108 Å². The molecule has 4 rings (SSSR count). The van der Waals surface area contributed by atoms with E-state index in [0.717, 1.165) is 10.5 Å². The third-order valence-corrected chi connectivity index (χ3v) is 14.3. The fourth-order valence-corrected chi connectivity index (χ4v) is 11.2. The maximum Gasteiger partial charge on any atom is 0.261 e. The summed E-state index contributed by atoms with van der Waals surface area (Å²) in [5.74, 6) is 0.374. The highest BCUT2D eigenvalue weighted by Gasteiger charge is 2.50. The quantitative estimate of drug-likeness (QED) is 0.0814. The molecule has 226 valence electrons. The van der Waals surface area contributed by atoms with E-state index in [0.29, 0.717) is 27.7 Å². The van der Waals surface area contributed by atoms with Crippen molar-refractivity contribution in [2.24, 2.45) is 0 Å². The van der Waals surface area contributed by atoms with Gasteiger partial charge in [0.1, 0.15) is 0 Å². The van der Waals surface area contributed by atoms with Crippen molar-refractivity contribution in [3.63, 3.8) is 0 Å². The number of ether oxygens (including phenoxy) is 1. The van der Waals surface area contributed by atoms with Crippen LogP contribution in [0.25, 0.3) is 0 Å². The van der Waals surface area contributed by atoms with E-state index in [9.17, 15) is 15.3 Å². The largest absolute Gasteiger partial charge is 0.504 e. The van der Waals surface area contributed by atoms with Crippen molar-refractivity contribution < 1.29 is 24.5 Å². The molecule has 0 radical (unpaired) electrons. The van der Waals surface area contributed by atoms with Gasteiger partial charge in [-0.2, -0.15) is 0 Å². The topological polar surface area (TPSA) is 79.2 Å². The van der Waals surface area contributed by atoms with E-state index in [-0.39, 0.29) is 17.4 Å². The van der Waals surface area contributed by atoms with Gasteiger partial charge in [-0.15, -0.1) is 17.1 Å². The van der Waals surface area contributed by atoms with Crippen LogP contribution in [0.1, 0.15) is 56.3 Å². The predicted molar refractivity (Wildman–Crippen MR) is 186 cm³/mol. The molecule has 1 heterocycles. The molecule has 0 unspecified atom stereocenters. The van der Waals surface area contributed by atoms with Crippen LogP contribution in [0.3, 0.4) is 0 Å². The number of hydrogen-bond donors (Lipinski definition) is 3. The number of methoxy groups -OCH3 is 1. The molecule has 0 saturated heterocycles. The van der Waals surface area contributed by atoms with E-state index in [1.807, 2.05) is 58.3 Å². The minimum atomic E-state index is -2.81. The van der Waals surface area contributed by atoms with Gasteiger partial charge in [-0.1, -0.05) is 87.5 Å². The number of halogens is 1. The first-order chi connectivity index (χ1) is 20.6. The summed E-state index contributed by atoms with van der Waals surface area (Å²) in [5.41, 5.74) is 4.84. The van der Waals surface area contributed by atoms with Crippen molar-refractivity contribution in [2.75, 3.05) is 13.7 Å². The van der Waals surface area contributed by atoms with Crippen molar-refractivity contribution in [3.05, 3.63) is 122 Å². The Hall–Kier alpha value is -2.69. The van der Waals surface area contributed by atoms with Crippen LogP contribution in [-0.4, -0.2) is 37.4 Å². The van der Waals surface area contributed by atoms with Crippen molar-refractivity contribution in [1.82, 2.24) is 0 Å². The summed E-state index contributed by atoms with van der Waals surface area (Å²) < 4.78 is 13.0. The minimum Gasteiger partial charge on any atom is -0.504 e. The molecule has 5 nitrogen and oxygen atoms in total. The van der Waals surface area contributed by atoms with E-state index in [1.54, 1.807) is 12.1 Å². The number of phenols is 1. The standard InChI is InChI=1S/C35H39IO5SSi/c1-35(2,3)43(27-14-7-5-8-15-27,28-16-9-6-10-17-28)41-24-25(21-31(38)33-19-12-20-42-33)13-11-18-30(37)26-22-29(36)34(39)32(23-26)40-4/h5-12,14-17,19-20,22-23,30-31,37-39H,18,21,24H2,1-4H3/t13?,30-,31-/m1/s1. The molecule has 2 atom stereocenters. The monoisotopic (exact) mass is 726 g/mol. The Bertz CT molecular complexity index is 1490. The zero-order valence-electron chi connectivity index (χ0n) is 25.0. The second-order valence-electron chi connectivity index (χ2n) is 11.4. The van der Waals surface area contributed by atoms with Crippen molar-refractivity contribution in [2.45, 2.75) is 50.9 Å². The Labute approximate surface area is 273 Å². The molecule has 1 aromatic heterocycles. The third-order valence-electron chi connectivity index (χ3n) is 7.49. The Kier molecular flexibility index (Phi) is 11.5. The summed E-state index contributed by atoms with van der Waals surface area (Å²) in [6.45, 7) is 7.00. The molecule has 0 fully saturated rings. The predicted octanol–water partition coefficient (Wildman–Crippen LogP) is 7.27. The Morgan fingerprint density at radius 1 is 0.953 bits per heavy atom. The number of aliphatic hydroxyl groups excluding tert-OH is 2. The van der Waals surface area contributed by atoms with Crippen LogP contribution in [0, 0.1) is 3.57 Å². The zero-order chi connectivity index (χ0) is 31.0. The van der Waals surface area contributed by atoms with Gasteiger partial charge in [0, 0.05) is 17.7 Å². The molecule has 4 aromatic rings. The first-order valence-electron chi connectivity index (χ1n) is 14.2. The summed E-state index contributed by atoms with van der Waals surface area (Å²) in [6, 6.07) is 28.2. The Morgan fingerprint density at radius 3 is 2.12 bits per heavy atom. The average molecular weight is 727 g/mol. The lowest BCUT2D eigenvalue weighted by atomic mass is 10.0. The Balaban J connectivity index is 1.70. The summed E-state index contributed by atoms with van der Waals surface area (Å²) in [6.07, 6.45) is 0.947. The lowest BCUT2D eigenvalue weighted by molar-refractivity contribution is 0.176. The first-order valence-corrected chi connectivity index (χ1v) is 18.1. The van der Waals surface area contributed by atoms with Gasteiger partial charge in [-0.3, -0.25) is 0 Å². The highest BCUT2D eigenvalue weighted by Crippen LogP contribution is 2.38. The molecular formula is C35H39IO5SSi. The molecule has 0 aliphatic carbocycles. The van der Waals surface area contributed by atoms with Crippen molar-refractivity contribution in [1.29, 1.82) is 0 Å². The number of thiophene rings is 1. The molecule has 0 saturated carbocycles. The lowest BCUT2D eigenvalue weighted by Gasteiger charge is -2.43. The van der Waals surface area contributed by atoms with Gasteiger partial charge in [0.15, 0.2) is 11.5 Å². The Morgan fingerprint density at radius 2 is 1.58 bits per heavy atom. The molecule has 0 aliphatic rings. The molecule has 0 bridgehead atoms. The molecular weight excluding hydrogens is 687 g/mol. The van der Waals surface area contributed by atoms with Gasteiger partial charge in [-0.05, 0) is 78.8 Å². The molecule has 43 heavy (non-hydrogen) atoms. The van der Waals surface area contributed by atoms with Crippen LogP contribution >= 0.6 is 33.9 Å². The normalized spacial score (nSPS) is 13.2. The van der Waals surface area contributed by atoms with Gasteiger partial charge in [-0.25, -0.2) is 0 Å². The first kappa shape index (κ1) is 33.2. The SMILES string of the molecule is COc1cc([C@H](O)CC=C=C(CO[Si](c2ccccc2)(c2ccccc2)C(C)(C)C)C[C@@H](O)c2cccs2)cc(I)c1O. The smallest absolute Gasteiger partial charge is 0.261 e. The fourth-order valence-electron chi connectivity index (χ4n) is 5.32. The van der Waals surface area contributed by atoms with Crippen LogP contribution < -0.4 is 15.1 Å². The highest BCUT2D eigenvalue weighted by molar-refractivity contribution is 14.1. The van der Waals surface area contributed by atoms with E-state index < -0.39 is 20.5 Å². The van der Waals surface area contributed by atoms with Crippen LogP contribution in [0.2, 0.25) is 5.04 Å². The van der Waals surface area contributed by atoms with Gasteiger partial charge in [0.05, 0.1) is 29.5 Å². The van der Waals surface area contributed by atoms with Crippen LogP contribution in [0.4, 0.5) is 0 Å². The number of aliphatic hydroxyl groups is 2. The van der Waals surface area contributed by atoms with E-state index in [2.05, 4.69) is 75.0 Å². The van der Waals surface area contributed by atoms with Crippen LogP contribution in [0.5, 0.6) is 11.5 Å². The molecule has 3 aromatic carbocycles. The summed E-state index contributed by atoms with van der Waals surface area (Å²) in [5, 5.41) is 36.4. The van der Waals surface area contributed by atoms with Crippen molar-refractivity contribution in [3.8, 4) is 11.5 Å². The summed E-state index contributed by atoms with van der Waals surface area (Å²) in [4.78, 5) is 0.885.